The van der Waals surface area contributed by atoms with E-state index in [0.717, 1.165) is 49.8 Å². The van der Waals surface area contributed by atoms with Crippen LogP contribution in [0, 0.1) is 11.6 Å². The molecule has 0 saturated carbocycles. The summed E-state index contributed by atoms with van der Waals surface area (Å²) < 4.78 is 66.6. The van der Waals surface area contributed by atoms with Crippen molar-refractivity contribution in [3.63, 3.8) is 0 Å². The molecule has 1 aliphatic heterocycles. The number of aromatic nitrogens is 3. The minimum absolute atomic E-state index is 0.198. The fourth-order valence-electron chi connectivity index (χ4n) is 3.86. The minimum Gasteiger partial charge on any atom is -0.303 e. The van der Waals surface area contributed by atoms with Crippen LogP contribution in [-0.2, 0) is 12.6 Å². The van der Waals surface area contributed by atoms with Gasteiger partial charge >= 0.3 is 6.18 Å². The van der Waals surface area contributed by atoms with Crippen molar-refractivity contribution >= 4 is 0 Å². The van der Waals surface area contributed by atoms with Crippen LogP contribution in [0.1, 0.15) is 35.6 Å². The number of benzene rings is 2. The molecule has 0 aliphatic carbocycles. The molecule has 0 amide bonds. The fourth-order valence-corrected chi connectivity index (χ4v) is 3.86. The second-order valence-electron chi connectivity index (χ2n) is 7.75. The van der Waals surface area contributed by atoms with Gasteiger partial charge in [0.2, 0.25) is 0 Å². The van der Waals surface area contributed by atoms with Crippen molar-refractivity contribution in [1.82, 2.24) is 19.9 Å². The summed E-state index contributed by atoms with van der Waals surface area (Å²) in [5, 5.41) is 8.22. The highest BCUT2D eigenvalue weighted by Crippen LogP contribution is 2.30. The molecule has 4 nitrogen and oxygen atoms in total. The van der Waals surface area contributed by atoms with Gasteiger partial charge in [-0.05, 0) is 56.1 Å². The maximum Gasteiger partial charge on any atom is 0.416 e. The number of alkyl halides is 3. The zero-order valence-electron chi connectivity index (χ0n) is 16.6. The molecule has 1 saturated heterocycles. The molecule has 1 fully saturated rings. The number of rotatable bonds is 5. The smallest absolute Gasteiger partial charge is 0.303 e. The summed E-state index contributed by atoms with van der Waals surface area (Å²) in [6.07, 6.45) is -0.347. The first-order chi connectivity index (χ1) is 14.8. The predicted octanol–water partition coefficient (Wildman–Crippen LogP) is 4.99. The molecule has 0 radical (unpaired) electrons. The van der Waals surface area contributed by atoms with Gasteiger partial charge in [-0.15, -0.1) is 5.10 Å². The van der Waals surface area contributed by atoms with Gasteiger partial charge in [-0.2, -0.15) is 13.2 Å². The monoisotopic (exact) mass is 436 g/mol. The molecular formula is C22H21F5N4. The molecule has 0 N–H and O–H groups in total. The van der Waals surface area contributed by atoms with Gasteiger partial charge in [-0.3, -0.25) is 0 Å². The van der Waals surface area contributed by atoms with Crippen molar-refractivity contribution in [3.05, 3.63) is 77.1 Å². The highest BCUT2D eigenvalue weighted by atomic mass is 19.4. The van der Waals surface area contributed by atoms with Crippen LogP contribution in [0.3, 0.4) is 0 Å². The first-order valence-corrected chi connectivity index (χ1v) is 10.1. The lowest BCUT2D eigenvalue weighted by atomic mass is 9.94. The summed E-state index contributed by atoms with van der Waals surface area (Å²) in [5.41, 5.74) is 1.25. The second-order valence-corrected chi connectivity index (χ2v) is 7.75. The van der Waals surface area contributed by atoms with E-state index in [1.54, 1.807) is 12.3 Å². The number of halogens is 5. The quantitative estimate of drug-likeness (QED) is 0.529. The zero-order valence-corrected chi connectivity index (χ0v) is 16.6. The molecule has 4 rings (SSSR count). The fraction of sp³-hybridized carbons (Fsp3) is 0.364. The van der Waals surface area contributed by atoms with Crippen LogP contribution in [0.25, 0.3) is 5.69 Å². The van der Waals surface area contributed by atoms with Crippen LogP contribution in [0.4, 0.5) is 22.0 Å². The Morgan fingerprint density at radius 1 is 0.968 bits per heavy atom. The zero-order chi connectivity index (χ0) is 22.0. The van der Waals surface area contributed by atoms with Crippen LogP contribution in [0.2, 0.25) is 0 Å². The Labute approximate surface area is 176 Å². The summed E-state index contributed by atoms with van der Waals surface area (Å²) in [6, 6.07) is 9.03. The molecule has 0 spiro atoms. The number of piperidine rings is 1. The maximum atomic E-state index is 13.4. The Kier molecular flexibility index (Phi) is 6.04. The summed E-state index contributed by atoms with van der Waals surface area (Å²) in [6.45, 7) is 2.30. The number of hydrogen-bond donors (Lipinski definition) is 0. The Morgan fingerprint density at radius 3 is 2.45 bits per heavy atom. The van der Waals surface area contributed by atoms with E-state index in [2.05, 4.69) is 15.2 Å². The molecule has 1 aromatic heterocycles. The topological polar surface area (TPSA) is 34.0 Å². The van der Waals surface area contributed by atoms with E-state index in [9.17, 15) is 22.0 Å². The van der Waals surface area contributed by atoms with Gasteiger partial charge in [0.05, 0.1) is 23.1 Å². The van der Waals surface area contributed by atoms with Gasteiger partial charge in [0.15, 0.2) is 11.6 Å². The van der Waals surface area contributed by atoms with Crippen LogP contribution in [0.5, 0.6) is 0 Å². The summed E-state index contributed by atoms with van der Waals surface area (Å²) in [5.74, 6) is -1.66. The van der Waals surface area contributed by atoms with Crippen molar-refractivity contribution in [2.24, 2.45) is 0 Å². The minimum atomic E-state index is -4.33. The highest BCUT2D eigenvalue weighted by Gasteiger charge is 2.30. The second kappa shape index (κ2) is 8.74. The summed E-state index contributed by atoms with van der Waals surface area (Å²) in [4.78, 5) is 2.23. The lowest BCUT2D eigenvalue weighted by molar-refractivity contribution is -0.137. The molecule has 0 bridgehead atoms. The van der Waals surface area contributed by atoms with Crippen molar-refractivity contribution in [2.75, 3.05) is 19.6 Å². The molecule has 0 atom stereocenters. The SMILES string of the molecule is Fc1ccc(-n2cc(C3CCN(CCc4cccc(C(F)(F)F)c4)CC3)nn2)cc1F. The van der Waals surface area contributed by atoms with E-state index in [4.69, 9.17) is 0 Å². The van der Waals surface area contributed by atoms with E-state index in [0.29, 0.717) is 24.2 Å². The summed E-state index contributed by atoms with van der Waals surface area (Å²) >= 11 is 0. The number of hydrogen-bond acceptors (Lipinski definition) is 3. The molecule has 2 aromatic carbocycles. The van der Waals surface area contributed by atoms with E-state index < -0.39 is 23.4 Å². The molecule has 1 aliphatic rings. The van der Waals surface area contributed by atoms with E-state index in [-0.39, 0.29) is 5.92 Å². The lowest BCUT2D eigenvalue weighted by Gasteiger charge is -2.31. The average Bonchev–Trinajstić information content (AvgIpc) is 3.24. The molecule has 9 heteroatoms. The molecule has 3 aromatic rings. The van der Waals surface area contributed by atoms with Crippen LogP contribution < -0.4 is 0 Å². The normalized spacial score (nSPS) is 16.0. The van der Waals surface area contributed by atoms with E-state index >= 15 is 0 Å². The Bertz CT molecular complexity index is 1040. The maximum absolute atomic E-state index is 13.4. The number of likely N-dealkylation sites (tertiary alicyclic amines) is 1. The Balaban J connectivity index is 1.31. The largest absolute Gasteiger partial charge is 0.416 e. The van der Waals surface area contributed by atoms with Crippen LogP contribution in [-0.4, -0.2) is 39.5 Å². The van der Waals surface area contributed by atoms with Crippen molar-refractivity contribution in [2.45, 2.75) is 31.4 Å². The number of nitrogens with zero attached hydrogens (tertiary/aromatic N) is 4. The van der Waals surface area contributed by atoms with Crippen LogP contribution in [0.15, 0.2) is 48.7 Å². The van der Waals surface area contributed by atoms with Gasteiger partial charge in [-0.1, -0.05) is 23.4 Å². The lowest BCUT2D eigenvalue weighted by Crippen LogP contribution is -2.34. The molecule has 0 unspecified atom stereocenters. The van der Waals surface area contributed by atoms with Gasteiger partial charge in [0.1, 0.15) is 0 Å². The van der Waals surface area contributed by atoms with Gasteiger partial charge in [0, 0.05) is 18.5 Å². The molecule has 2 heterocycles. The first kappa shape index (κ1) is 21.4. The third-order valence-electron chi connectivity index (χ3n) is 5.66. The molecule has 31 heavy (non-hydrogen) atoms. The van der Waals surface area contributed by atoms with Gasteiger partial charge in [0.25, 0.3) is 0 Å². The molecular weight excluding hydrogens is 415 g/mol. The van der Waals surface area contributed by atoms with Crippen molar-refractivity contribution < 1.29 is 22.0 Å². The van der Waals surface area contributed by atoms with Crippen molar-refractivity contribution in [1.29, 1.82) is 0 Å². The Morgan fingerprint density at radius 2 is 1.74 bits per heavy atom. The highest BCUT2D eigenvalue weighted by molar-refractivity contribution is 5.32. The predicted molar refractivity (Wildman–Crippen MR) is 105 cm³/mol. The van der Waals surface area contributed by atoms with Crippen molar-refractivity contribution in [3.8, 4) is 5.69 Å². The van der Waals surface area contributed by atoms with Crippen LogP contribution >= 0.6 is 0 Å². The summed E-state index contributed by atoms with van der Waals surface area (Å²) in [7, 11) is 0. The third-order valence-corrected chi connectivity index (χ3v) is 5.66. The molecule has 164 valence electrons. The first-order valence-electron chi connectivity index (χ1n) is 10.1. The van der Waals surface area contributed by atoms with Gasteiger partial charge in [-0.25, -0.2) is 13.5 Å². The average molecular weight is 436 g/mol. The third kappa shape index (κ3) is 5.10. The van der Waals surface area contributed by atoms with E-state index in [1.165, 1.54) is 22.9 Å². The van der Waals surface area contributed by atoms with Gasteiger partial charge < -0.3 is 4.90 Å². The standard InChI is InChI=1S/C22H21F5N4/c23-19-5-4-18(13-20(19)24)31-14-21(28-29-31)16-7-10-30(11-8-16)9-6-15-2-1-3-17(12-15)22(25,26)27/h1-5,12-14,16H,6-11H2. The Hall–Kier alpha value is -2.81. The van der Waals surface area contributed by atoms with E-state index in [1.807, 2.05) is 0 Å².